The molecule has 0 fully saturated rings. The summed E-state index contributed by atoms with van der Waals surface area (Å²) in [6.07, 6.45) is 0.541. The number of carboxylic acid groups (broad SMARTS) is 1. The Morgan fingerprint density at radius 1 is 1.09 bits per heavy atom. The van der Waals surface area contributed by atoms with Gasteiger partial charge in [-0.1, -0.05) is 52.0 Å². The quantitative estimate of drug-likeness (QED) is 0.443. The molecule has 0 aliphatic heterocycles. The zero-order chi connectivity index (χ0) is 24.7. The molecule has 0 spiro atoms. The smallest absolute Gasteiger partial charge is 0.305 e. The molecule has 0 radical (unpaired) electrons. The van der Waals surface area contributed by atoms with Crippen molar-refractivity contribution in [3.63, 3.8) is 0 Å². The molecule has 1 aromatic carbocycles. The van der Waals surface area contributed by atoms with Gasteiger partial charge in [0.15, 0.2) is 0 Å². The molecule has 0 aliphatic carbocycles. The monoisotopic (exact) mass is 459 g/mol. The number of rotatable bonds is 11. The van der Waals surface area contributed by atoms with E-state index in [4.69, 9.17) is 14.8 Å². The normalized spacial score (nSPS) is 13.8. The number of aliphatic hydroxyl groups excluding tert-OH is 2. The summed E-state index contributed by atoms with van der Waals surface area (Å²) >= 11 is 0. The summed E-state index contributed by atoms with van der Waals surface area (Å²) in [6.45, 7) is 8.49. The molecule has 7 heteroatoms. The highest BCUT2D eigenvalue weighted by Crippen LogP contribution is 2.37. The minimum Gasteiger partial charge on any atom is -0.481 e. The number of aromatic nitrogens is 1. The summed E-state index contributed by atoms with van der Waals surface area (Å²) in [6, 6.07) is 6.23. The van der Waals surface area contributed by atoms with Crippen LogP contribution in [-0.4, -0.2) is 45.6 Å². The molecule has 0 aliphatic rings. The molecule has 0 saturated heterocycles. The van der Waals surface area contributed by atoms with Gasteiger partial charge in [0.1, 0.15) is 5.82 Å². The Hall–Kier alpha value is -2.61. The minimum absolute atomic E-state index is 0.0627. The van der Waals surface area contributed by atoms with Crippen LogP contribution < -0.4 is 0 Å². The molecule has 33 heavy (non-hydrogen) atoms. The van der Waals surface area contributed by atoms with Crippen molar-refractivity contribution in [3.05, 3.63) is 58.7 Å². The minimum atomic E-state index is -1.16. The van der Waals surface area contributed by atoms with Crippen LogP contribution in [0.5, 0.6) is 0 Å². The molecule has 0 saturated carbocycles. The maximum absolute atomic E-state index is 13.7. The van der Waals surface area contributed by atoms with Crippen molar-refractivity contribution in [2.45, 2.75) is 71.2 Å². The van der Waals surface area contributed by atoms with Crippen molar-refractivity contribution in [2.24, 2.45) is 0 Å². The van der Waals surface area contributed by atoms with Gasteiger partial charge in [-0.25, -0.2) is 4.39 Å². The number of halogens is 1. The van der Waals surface area contributed by atoms with Crippen molar-refractivity contribution in [2.75, 3.05) is 7.11 Å². The van der Waals surface area contributed by atoms with Crippen molar-refractivity contribution in [1.29, 1.82) is 0 Å². The van der Waals surface area contributed by atoms with Gasteiger partial charge in [-0.05, 0) is 35.1 Å². The van der Waals surface area contributed by atoms with E-state index in [9.17, 15) is 19.4 Å². The van der Waals surface area contributed by atoms with Gasteiger partial charge in [-0.2, -0.15) is 0 Å². The van der Waals surface area contributed by atoms with Crippen LogP contribution in [0.2, 0.25) is 0 Å². The fourth-order valence-corrected chi connectivity index (χ4v) is 3.85. The number of aliphatic hydroxyl groups is 2. The van der Waals surface area contributed by atoms with E-state index < -0.39 is 24.6 Å². The van der Waals surface area contributed by atoms with E-state index in [0.29, 0.717) is 6.61 Å². The second-order valence-corrected chi connectivity index (χ2v) is 8.81. The summed E-state index contributed by atoms with van der Waals surface area (Å²) in [4.78, 5) is 15.8. The van der Waals surface area contributed by atoms with E-state index in [1.54, 1.807) is 25.3 Å². The zero-order valence-corrected chi connectivity index (χ0v) is 19.9. The summed E-state index contributed by atoms with van der Waals surface area (Å²) in [5.41, 5.74) is 5.05. The van der Waals surface area contributed by atoms with Crippen LogP contribution in [0.25, 0.3) is 17.2 Å². The van der Waals surface area contributed by atoms with Gasteiger partial charge in [0, 0.05) is 30.4 Å². The predicted molar refractivity (Wildman–Crippen MR) is 126 cm³/mol. The number of methoxy groups -OCH3 is 1. The number of ether oxygens (including phenoxy) is 1. The number of nitrogens with zero attached hydrogens (tertiary/aromatic N) is 1. The Kier molecular flexibility index (Phi) is 9.70. The summed E-state index contributed by atoms with van der Waals surface area (Å²) in [5, 5.41) is 29.1. The molecule has 1 aromatic heterocycles. The number of carbonyl (C=O) groups is 1. The standard InChI is InChI=1S/C26H34FNO5/c1-15(2)25-21(11-10-19(29)12-20(30)13-23(31)32)24(17-6-8-18(27)9-7-17)22(14-33-5)26(28-25)16(3)4/h6-11,15-16,19-20,29-30H,12-14H2,1-5H3,(H,31,32)/t19?,20-/m1/s1. The first-order valence-electron chi connectivity index (χ1n) is 11.1. The predicted octanol–water partition coefficient (Wildman–Crippen LogP) is 4.88. The van der Waals surface area contributed by atoms with E-state index in [0.717, 1.165) is 33.6 Å². The Morgan fingerprint density at radius 2 is 1.70 bits per heavy atom. The summed E-state index contributed by atoms with van der Waals surface area (Å²) in [5.74, 6) is -1.28. The topological polar surface area (TPSA) is 99.9 Å². The molecule has 2 atom stereocenters. The third-order valence-corrected chi connectivity index (χ3v) is 5.32. The van der Waals surface area contributed by atoms with E-state index in [-0.39, 0.29) is 24.1 Å². The Labute approximate surface area is 194 Å². The van der Waals surface area contributed by atoms with Gasteiger partial charge in [0.2, 0.25) is 0 Å². The highest BCUT2D eigenvalue weighted by atomic mass is 19.1. The molecule has 180 valence electrons. The second kappa shape index (κ2) is 12.0. The van der Waals surface area contributed by atoms with E-state index in [1.165, 1.54) is 18.2 Å². The third-order valence-electron chi connectivity index (χ3n) is 5.32. The number of hydrogen-bond donors (Lipinski definition) is 3. The zero-order valence-electron chi connectivity index (χ0n) is 19.9. The first-order valence-corrected chi connectivity index (χ1v) is 11.1. The molecule has 0 bridgehead atoms. The second-order valence-electron chi connectivity index (χ2n) is 8.81. The average molecular weight is 460 g/mol. The lowest BCUT2D eigenvalue weighted by atomic mass is 9.87. The van der Waals surface area contributed by atoms with Gasteiger partial charge in [-0.3, -0.25) is 9.78 Å². The van der Waals surface area contributed by atoms with Crippen molar-refractivity contribution in [3.8, 4) is 11.1 Å². The van der Waals surface area contributed by atoms with Gasteiger partial charge in [-0.15, -0.1) is 0 Å². The Morgan fingerprint density at radius 3 is 2.21 bits per heavy atom. The van der Waals surface area contributed by atoms with Gasteiger partial charge < -0.3 is 20.1 Å². The Bertz CT molecular complexity index is 970. The highest BCUT2D eigenvalue weighted by Gasteiger charge is 2.23. The maximum atomic E-state index is 13.7. The fraction of sp³-hybridized carbons (Fsp3) is 0.462. The maximum Gasteiger partial charge on any atom is 0.305 e. The summed E-state index contributed by atoms with van der Waals surface area (Å²) < 4.78 is 19.2. The molecule has 3 N–H and O–H groups in total. The first-order chi connectivity index (χ1) is 15.5. The van der Waals surface area contributed by atoms with Crippen LogP contribution in [0.4, 0.5) is 4.39 Å². The molecule has 2 rings (SSSR count). The Balaban J connectivity index is 2.69. The van der Waals surface area contributed by atoms with Crippen LogP contribution in [0.1, 0.15) is 74.9 Å². The van der Waals surface area contributed by atoms with Gasteiger partial charge in [0.05, 0.1) is 30.9 Å². The van der Waals surface area contributed by atoms with Crippen LogP contribution >= 0.6 is 0 Å². The van der Waals surface area contributed by atoms with Crippen molar-refractivity contribution in [1.82, 2.24) is 4.98 Å². The third kappa shape index (κ3) is 7.19. The van der Waals surface area contributed by atoms with Crippen LogP contribution in [0.15, 0.2) is 30.3 Å². The molecule has 6 nitrogen and oxygen atoms in total. The lowest BCUT2D eigenvalue weighted by Gasteiger charge is -2.23. The molecule has 0 amide bonds. The number of pyridine rings is 1. The van der Waals surface area contributed by atoms with E-state index in [2.05, 4.69) is 13.8 Å². The number of carboxylic acids is 1. The van der Waals surface area contributed by atoms with Crippen LogP contribution in [0, 0.1) is 5.82 Å². The van der Waals surface area contributed by atoms with E-state index >= 15 is 0 Å². The van der Waals surface area contributed by atoms with Crippen molar-refractivity contribution < 1.29 is 29.2 Å². The largest absolute Gasteiger partial charge is 0.481 e. The number of aliphatic carboxylic acids is 1. The highest BCUT2D eigenvalue weighted by molar-refractivity contribution is 5.80. The number of benzene rings is 1. The lowest BCUT2D eigenvalue weighted by molar-refractivity contribution is -0.139. The average Bonchev–Trinajstić information content (AvgIpc) is 2.72. The first kappa shape index (κ1) is 26.6. The molecule has 1 heterocycles. The van der Waals surface area contributed by atoms with E-state index in [1.807, 2.05) is 13.8 Å². The molecule has 2 aromatic rings. The molecular weight excluding hydrogens is 425 g/mol. The fourth-order valence-electron chi connectivity index (χ4n) is 3.85. The molecular formula is C26H34FNO5. The van der Waals surface area contributed by atoms with Gasteiger partial charge >= 0.3 is 5.97 Å². The van der Waals surface area contributed by atoms with Crippen LogP contribution in [-0.2, 0) is 16.1 Å². The summed E-state index contributed by atoms with van der Waals surface area (Å²) in [7, 11) is 1.61. The number of hydrogen-bond acceptors (Lipinski definition) is 5. The van der Waals surface area contributed by atoms with Crippen molar-refractivity contribution >= 4 is 12.0 Å². The van der Waals surface area contributed by atoms with Crippen LogP contribution in [0.3, 0.4) is 0 Å². The molecule has 1 unspecified atom stereocenters. The SMILES string of the molecule is COCc1c(C(C)C)nc(C(C)C)c(C=CC(O)C[C@@H](O)CC(=O)O)c1-c1ccc(F)cc1. The van der Waals surface area contributed by atoms with Gasteiger partial charge in [0.25, 0.3) is 0 Å². The lowest BCUT2D eigenvalue weighted by Crippen LogP contribution is -2.19.